The van der Waals surface area contributed by atoms with Crippen LogP contribution in [0.1, 0.15) is 36.8 Å². The Labute approximate surface area is 137 Å². The summed E-state index contributed by atoms with van der Waals surface area (Å²) in [5, 5.41) is 2.93. The van der Waals surface area contributed by atoms with E-state index in [0.717, 1.165) is 12.2 Å². The Morgan fingerprint density at radius 3 is 2.83 bits per heavy atom. The zero-order valence-corrected chi connectivity index (χ0v) is 13.9. The number of benzene rings is 1. The van der Waals surface area contributed by atoms with Crippen molar-refractivity contribution in [1.29, 1.82) is 0 Å². The Balaban J connectivity index is 1.87. The van der Waals surface area contributed by atoms with Gasteiger partial charge in [0.2, 0.25) is 0 Å². The summed E-state index contributed by atoms with van der Waals surface area (Å²) in [5.41, 5.74) is 2.99. The molecule has 3 rings (SSSR count). The first-order chi connectivity index (χ1) is 11.1. The lowest BCUT2D eigenvalue weighted by Gasteiger charge is -2.24. The molecule has 1 atom stereocenters. The van der Waals surface area contributed by atoms with E-state index in [1.165, 1.54) is 11.3 Å². The summed E-state index contributed by atoms with van der Waals surface area (Å²) in [4.78, 5) is 19.1. The highest BCUT2D eigenvalue weighted by molar-refractivity contribution is 5.92. The molecule has 23 heavy (non-hydrogen) atoms. The van der Waals surface area contributed by atoms with E-state index in [1.807, 2.05) is 18.2 Å². The summed E-state index contributed by atoms with van der Waals surface area (Å²) >= 11 is 0. The van der Waals surface area contributed by atoms with E-state index in [9.17, 15) is 4.79 Å². The number of carbonyl (C=O) groups is 1. The molecule has 1 aromatic heterocycles. The van der Waals surface area contributed by atoms with Crippen LogP contribution in [0.2, 0.25) is 0 Å². The number of nitrogens with one attached hydrogen (secondary N) is 1. The number of hydrogen-bond donors (Lipinski definition) is 1. The van der Waals surface area contributed by atoms with Crippen molar-refractivity contribution in [2.24, 2.45) is 5.92 Å². The van der Waals surface area contributed by atoms with Crippen molar-refractivity contribution in [3.8, 4) is 0 Å². The molecule has 120 valence electrons. The van der Waals surface area contributed by atoms with Gasteiger partial charge in [0.15, 0.2) is 0 Å². The Hall–Kier alpha value is -2.36. The van der Waals surface area contributed by atoms with Crippen molar-refractivity contribution in [1.82, 2.24) is 10.3 Å². The zero-order valence-electron chi connectivity index (χ0n) is 13.9. The lowest BCUT2D eigenvalue weighted by molar-refractivity contribution is 0.0944. The van der Waals surface area contributed by atoms with Gasteiger partial charge >= 0.3 is 0 Å². The summed E-state index contributed by atoms with van der Waals surface area (Å²) in [6.45, 7) is 7.00. The average Bonchev–Trinajstić information content (AvgIpc) is 2.88. The molecule has 0 saturated carbocycles. The van der Waals surface area contributed by atoms with Crippen LogP contribution in [0.25, 0.3) is 0 Å². The maximum atomic E-state index is 12.3. The first kappa shape index (κ1) is 15.5. The quantitative estimate of drug-likeness (QED) is 0.939. The number of nitrogens with zero attached hydrogens (tertiary/aromatic N) is 2. The number of para-hydroxylation sites is 1. The van der Waals surface area contributed by atoms with Crippen LogP contribution < -0.4 is 10.2 Å². The minimum Gasteiger partial charge on any atom is -0.350 e. The molecule has 0 saturated heterocycles. The van der Waals surface area contributed by atoms with Crippen LogP contribution >= 0.6 is 0 Å². The molecular weight excluding hydrogens is 286 g/mol. The normalized spacial score (nSPS) is 16.5. The van der Waals surface area contributed by atoms with Crippen LogP contribution in [0, 0.1) is 5.92 Å². The molecule has 2 aromatic rings. The number of anilines is 2. The second kappa shape index (κ2) is 6.41. The summed E-state index contributed by atoms with van der Waals surface area (Å²) in [5.74, 6) is 1.15. The number of amides is 1. The third kappa shape index (κ3) is 3.21. The lowest BCUT2D eigenvalue weighted by atomic mass is 10.1. The van der Waals surface area contributed by atoms with Crippen molar-refractivity contribution >= 4 is 17.4 Å². The van der Waals surface area contributed by atoms with E-state index < -0.39 is 0 Å². The fraction of sp³-hybridized carbons (Fsp3) is 0.368. The lowest BCUT2D eigenvalue weighted by Crippen LogP contribution is -2.29. The molecule has 1 amide bonds. The van der Waals surface area contributed by atoms with Gasteiger partial charge in [-0.25, -0.2) is 4.98 Å². The first-order valence-corrected chi connectivity index (χ1v) is 8.18. The molecule has 1 unspecified atom stereocenters. The van der Waals surface area contributed by atoms with E-state index >= 15 is 0 Å². The zero-order chi connectivity index (χ0) is 16.4. The molecule has 1 aromatic carbocycles. The maximum absolute atomic E-state index is 12.3. The fourth-order valence-electron chi connectivity index (χ4n) is 2.99. The van der Waals surface area contributed by atoms with Crippen LogP contribution in [0.15, 0.2) is 42.5 Å². The van der Waals surface area contributed by atoms with Gasteiger partial charge in [0.05, 0.1) is 0 Å². The molecular formula is C19H23N3O. The van der Waals surface area contributed by atoms with Crippen LogP contribution in [0.3, 0.4) is 0 Å². The Kier molecular flexibility index (Phi) is 4.33. The number of pyridine rings is 1. The van der Waals surface area contributed by atoms with Crippen LogP contribution in [0.5, 0.6) is 0 Å². The number of carbonyl (C=O) groups excluding carboxylic acids is 1. The van der Waals surface area contributed by atoms with Gasteiger partial charge in [-0.05, 0) is 43.0 Å². The number of fused-ring (bicyclic) bond motifs is 1. The molecule has 2 heterocycles. The SMILES string of the molecule is CC(C)CNC(=O)c1cccc(N2c3ccccc3CC2C)n1. The third-order valence-corrected chi connectivity index (χ3v) is 4.09. The highest BCUT2D eigenvalue weighted by Gasteiger charge is 2.27. The number of hydrogen-bond acceptors (Lipinski definition) is 3. The van der Waals surface area contributed by atoms with Crippen molar-refractivity contribution < 1.29 is 4.79 Å². The summed E-state index contributed by atoms with van der Waals surface area (Å²) in [6, 6.07) is 14.4. The van der Waals surface area contributed by atoms with E-state index in [4.69, 9.17) is 0 Å². The molecule has 1 aliphatic heterocycles. The maximum Gasteiger partial charge on any atom is 0.269 e. The molecule has 0 radical (unpaired) electrons. The molecule has 4 nitrogen and oxygen atoms in total. The van der Waals surface area contributed by atoms with Gasteiger partial charge in [-0.2, -0.15) is 0 Å². The molecule has 1 N–H and O–H groups in total. The highest BCUT2D eigenvalue weighted by Crippen LogP contribution is 2.37. The molecule has 0 aliphatic carbocycles. The van der Waals surface area contributed by atoms with Gasteiger partial charge in [0, 0.05) is 18.3 Å². The topological polar surface area (TPSA) is 45.2 Å². The predicted molar refractivity (Wildman–Crippen MR) is 93.2 cm³/mol. The van der Waals surface area contributed by atoms with Crippen molar-refractivity contribution in [2.45, 2.75) is 33.2 Å². The minimum absolute atomic E-state index is 0.110. The Morgan fingerprint density at radius 2 is 2.04 bits per heavy atom. The number of rotatable bonds is 4. The summed E-state index contributed by atoms with van der Waals surface area (Å²) in [7, 11) is 0. The first-order valence-electron chi connectivity index (χ1n) is 8.18. The molecule has 0 spiro atoms. The number of aromatic nitrogens is 1. The highest BCUT2D eigenvalue weighted by atomic mass is 16.1. The van der Waals surface area contributed by atoms with Crippen molar-refractivity contribution in [3.63, 3.8) is 0 Å². The van der Waals surface area contributed by atoms with E-state index in [-0.39, 0.29) is 5.91 Å². The van der Waals surface area contributed by atoms with Crippen LogP contribution in [0.4, 0.5) is 11.5 Å². The van der Waals surface area contributed by atoms with E-state index in [1.54, 1.807) is 6.07 Å². The van der Waals surface area contributed by atoms with Gasteiger partial charge < -0.3 is 10.2 Å². The van der Waals surface area contributed by atoms with Crippen LogP contribution in [-0.2, 0) is 6.42 Å². The summed E-state index contributed by atoms with van der Waals surface area (Å²) in [6.07, 6.45) is 1.00. The van der Waals surface area contributed by atoms with Gasteiger partial charge in [-0.1, -0.05) is 38.1 Å². The van der Waals surface area contributed by atoms with Gasteiger partial charge in [0.25, 0.3) is 5.91 Å². The Morgan fingerprint density at radius 1 is 1.26 bits per heavy atom. The van der Waals surface area contributed by atoms with E-state index in [2.05, 4.69) is 54.2 Å². The molecule has 4 heteroatoms. The fourth-order valence-corrected chi connectivity index (χ4v) is 2.99. The molecule has 0 fully saturated rings. The van der Waals surface area contributed by atoms with Gasteiger partial charge in [-0.3, -0.25) is 4.79 Å². The molecule has 0 bridgehead atoms. The second-order valence-electron chi connectivity index (χ2n) is 6.54. The third-order valence-electron chi connectivity index (χ3n) is 4.09. The smallest absolute Gasteiger partial charge is 0.269 e. The van der Waals surface area contributed by atoms with Gasteiger partial charge in [-0.15, -0.1) is 0 Å². The summed E-state index contributed by atoms with van der Waals surface area (Å²) < 4.78 is 0. The minimum atomic E-state index is -0.110. The van der Waals surface area contributed by atoms with E-state index in [0.29, 0.717) is 24.2 Å². The molecule has 1 aliphatic rings. The van der Waals surface area contributed by atoms with Gasteiger partial charge in [0.1, 0.15) is 11.5 Å². The van der Waals surface area contributed by atoms with Crippen molar-refractivity contribution in [3.05, 3.63) is 53.7 Å². The largest absolute Gasteiger partial charge is 0.350 e. The standard InChI is InChI=1S/C19H23N3O/c1-13(2)12-20-19(23)16-8-6-10-18(21-16)22-14(3)11-15-7-4-5-9-17(15)22/h4-10,13-14H,11-12H2,1-3H3,(H,20,23). The Bertz CT molecular complexity index is 711. The van der Waals surface area contributed by atoms with Crippen LogP contribution in [-0.4, -0.2) is 23.5 Å². The van der Waals surface area contributed by atoms with Crippen molar-refractivity contribution in [2.75, 3.05) is 11.4 Å². The second-order valence-corrected chi connectivity index (χ2v) is 6.54. The predicted octanol–water partition coefficient (Wildman–Crippen LogP) is 3.55. The average molecular weight is 309 g/mol. The monoisotopic (exact) mass is 309 g/mol.